The molecule has 0 atom stereocenters. The first-order valence-corrected chi connectivity index (χ1v) is 6.61. The number of aromatic nitrogens is 5. The van der Waals surface area contributed by atoms with Gasteiger partial charge in [0.2, 0.25) is 0 Å². The fourth-order valence-electron chi connectivity index (χ4n) is 1.81. The Morgan fingerprint density at radius 1 is 1.41 bits per heavy atom. The van der Waals surface area contributed by atoms with Gasteiger partial charge in [0, 0.05) is 0 Å². The lowest BCUT2D eigenvalue weighted by molar-refractivity contribution is 0.0866. The van der Waals surface area contributed by atoms with Gasteiger partial charge in [0.15, 0.2) is 5.82 Å². The third kappa shape index (κ3) is 3.22. The Labute approximate surface area is 126 Å². The van der Waals surface area contributed by atoms with Crippen LogP contribution >= 0.6 is 0 Å². The molecule has 10 nitrogen and oxygen atoms in total. The zero-order valence-corrected chi connectivity index (χ0v) is 12.5. The van der Waals surface area contributed by atoms with Crippen molar-refractivity contribution in [3.8, 4) is 0 Å². The number of anilines is 2. The first-order valence-electron chi connectivity index (χ1n) is 6.61. The van der Waals surface area contributed by atoms with E-state index in [0.29, 0.717) is 17.1 Å². The summed E-state index contributed by atoms with van der Waals surface area (Å²) in [4.78, 5) is 23.4. The van der Waals surface area contributed by atoms with Gasteiger partial charge < -0.3 is 10.5 Å². The van der Waals surface area contributed by atoms with Crippen molar-refractivity contribution in [3.63, 3.8) is 0 Å². The predicted molar refractivity (Wildman–Crippen MR) is 77.4 cm³/mol. The highest BCUT2D eigenvalue weighted by atomic mass is 16.5. The minimum Gasteiger partial charge on any atom is -0.450 e. The summed E-state index contributed by atoms with van der Waals surface area (Å²) in [7, 11) is 0. The van der Waals surface area contributed by atoms with Crippen molar-refractivity contribution in [3.05, 3.63) is 17.6 Å². The molecule has 0 radical (unpaired) electrons. The summed E-state index contributed by atoms with van der Waals surface area (Å²) >= 11 is 0. The summed E-state index contributed by atoms with van der Waals surface area (Å²) in [5.41, 5.74) is 7.44. The monoisotopic (exact) mass is 307 g/mol. The second kappa shape index (κ2) is 6.24. The number of carbonyl (C=O) groups excluding carboxylic acids is 2. The zero-order chi connectivity index (χ0) is 16.3. The Hall–Kier alpha value is -2.91. The fraction of sp³-hybridized carbons (Fsp3) is 0.417. The Kier molecular flexibility index (Phi) is 4.39. The van der Waals surface area contributed by atoms with Gasteiger partial charge in [0.05, 0.1) is 29.9 Å². The van der Waals surface area contributed by atoms with E-state index < -0.39 is 6.09 Å². The number of carbonyl (C=O) groups is 2. The number of aryl methyl sites for hydroxylation is 1. The van der Waals surface area contributed by atoms with Crippen LogP contribution in [0.5, 0.6) is 0 Å². The molecule has 2 aromatic heterocycles. The van der Waals surface area contributed by atoms with Crippen molar-refractivity contribution in [2.24, 2.45) is 0 Å². The van der Waals surface area contributed by atoms with Crippen molar-refractivity contribution in [1.82, 2.24) is 24.8 Å². The van der Waals surface area contributed by atoms with E-state index in [0.717, 1.165) is 0 Å². The molecule has 1 amide bonds. The highest BCUT2D eigenvalue weighted by Gasteiger charge is 2.16. The molecule has 10 heteroatoms. The van der Waals surface area contributed by atoms with Crippen molar-refractivity contribution in [1.29, 1.82) is 0 Å². The van der Waals surface area contributed by atoms with Gasteiger partial charge in [0.25, 0.3) is 5.91 Å². The summed E-state index contributed by atoms with van der Waals surface area (Å²) in [6, 6.07) is 0. The third-order valence-electron chi connectivity index (χ3n) is 2.92. The van der Waals surface area contributed by atoms with Crippen LogP contribution in [0.2, 0.25) is 0 Å². The topological polar surface area (TPSA) is 130 Å². The van der Waals surface area contributed by atoms with E-state index in [2.05, 4.69) is 20.7 Å². The maximum Gasteiger partial charge on any atom is 0.412 e. The van der Waals surface area contributed by atoms with Gasteiger partial charge in [-0.2, -0.15) is 5.10 Å². The van der Waals surface area contributed by atoms with E-state index in [1.807, 2.05) is 0 Å². The van der Waals surface area contributed by atoms with Crippen LogP contribution in [-0.2, 0) is 11.3 Å². The lowest BCUT2D eigenvalue weighted by Crippen LogP contribution is -2.20. The van der Waals surface area contributed by atoms with E-state index in [1.54, 1.807) is 20.8 Å². The summed E-state index contributed by atoms with van der Waals surface area (Å²) in [5, 5.41) is 13.9. The molecule has 0 saturated heterocycles. The summed E-state index contributed by atoms with van der Waals surface area (Å²) in [6.07, 6.45) is 0.788. The summed E-state index contributed by atoms with van der Waals surface area (Å²) in [5.74, 6) is -0.121. The number of ether oxygens (including phenoxy) is 1. The second-order valence-corrected chi connectivity index (χ2v) is 4.54. The Morgan fingerprint density at radius 3 is 2.73 bits per heavy atom. The van der Waals surface area contributed by atoms with Crippen LogP contribution in [0.25, 0.3) is 0 Å². The smallest absolute Gasteiger partial charge is 0.412 e. The van der Waals surface area contributed by atoms with Gasteiger partial charge in [0.1, 0.15) is 6.54 Å². The van der Waals surface area contributed by atoms with E-state index >= 15 is 0 Å². The fourth-order valence-corrected chi connectivity index (χ4v) is 1.81. The number of hydrogen-bond donors (Lipinski definition) is 2. The largest absolute Gasteiger partial charge is 0.450 e. The van der Waals surface area contributed by atoms with Crippen LogP contribution in [0.3, 0.4) is 0 Å². The molecule has 0 aliphatic heterocycles. The molecule has 2 heterocycles. The Morgan fingerprint density at radius 2 is 2.14 bits per heavy atom. The van der Waals surface area contributed by atoms with Crippen molar-refractivity contribution in [2.45, 2.75) is 27.3 Å². The van der Waals surface area contributed by atoms with E-state index in [4.69, 9.17) is 10.5 Å². The number of hydrogen-bond acceptors (Lipinski definition) is 7. The molecule has 0 aliphatic rings. The maximum absolute atomic E-state index is 12.2. The number of amides is 1. The van der Waals surface area contributed by atoms with Crippen molar-refractivity contribution >= 4 is 23.5 Å². The van der Waals surface area contributed by atoms with Crippen LogP contribution in [0.15, 0.2) is 6.20 Å². The molecule has 0 bridgehead atoms. The number of rotatable bonds is 4. The zero-order valence-electron chi connectivity index (χ0n) is 12.5. The van der Waals surface area contributed by atoms with Gasteiger partial charge in [-0.25, -0.2) is 14.2 Å². The molecule has 0 saturated carbocycles. The quantitative estimate of drug-likeness (QED) is 0.844. The first-order chi connectivity index (χ1) is 10.4. The molecule has 3 N–H and O–H groups in total. The van der Waals surface area contributed by atoms with Crippen molar-refractivity contribution in [2.75, 3.05) is 17.7 Å². The van der Waals surface area contributed by atoms with Gasteiger partial charge in [-0.3, -0.25) is 10.1 Å². The van der Waals surface area contributed by atoms with Gasteiger partial charge >= 0.3 is 6.09 Å². The van der Waals surface area contributed by atoms with Crippen LogP contribution < -0.4 is 11.1 Å². The van der Waals surface area contributed by atoms with Crippen LogP contribution in [0.4, 0.5) is 16.3 Å². The average molecular weight is 307 g/mol. The molecule has 118 valence electrons. The molecule has 0 spiro atoms. The molecule has 22 heavy (non-hydrogen) atoms. The standard InChI is InChI=1S/C12H17N7O3/c1-4-22-12(21)14-9-5-18(17-15-9)6-10(20)19-8(3)11(13)7(2)16-19/h5H,4,6,13H2,1-3H3,(H,14,21). The molecule has 0 aliphatic carbocycles. The molecule has 0 unspecified atom stereocenters. The van der Waals surface area contributed by atoms with Crippen molar-refractivity contribution < 1.29 is 14.3 Å². The Bertz CT molecular complexity index is 704. The maximum atomic E-state index is 12.2. The minimum atomic E-state index is -0.632. The number of nitrogens with two attached hydrogens (primary N) is 1. The second-order valence-electron chi connectivity index (χ2n) is 4.54. The number of nitrogens with one attached hydrogen (secondary N) is 1. The lowest BCUT2D eigenvalue weighted by Gasteiger charge is -2.03. The van der Waals surface area contributed by atoms with Gasteiger partial charge in [-0.1, -0.05) is 5.21 Å². The van der Waals surface area contributed by atoms with E-state index in [-0.39, 0.29) is 24.9 Å². The molecular weight excluding hydrogens is 290 g/mol. The van der Waals surface area contributed by atoms with Crippen LogP contribution in [-0.4, -0.2) is 43.4 Å². The van der Waals surface area contributed by atoms with Crippen LogP contribution in [0, 0.1) is 13.8 Å². The molecule has 2 aromatic rings. The van der Waals surface area contributed by atoms with Crippen LogP contribution in [0.1, 0.15) is 23.1 Å². The summed E-state index contributed by atoms with van der Waals surface area (Å²) in [6.45, 7) is 5.29. The summed E-state index contributed by atoms with van der Waals surface area (Å²) < 4.78 is 7.23. The van der Waals surface area contributed by atoms with Gasteiger partial charge in [-0.05, 0) is 20.8 Å². The first kappa shape index (κ1) is 15.5. The van der Waals surface area contributed by atoms with Gasteiger partial charge in [-0.15, -0.1) is 5.10 Å². The molecular formula is C12H17N7O3. The normalized spacial score (nSPS) is 10.5. The Balaban J connectivity index is 2.05. The third-order valence-corrected chi connectivity index (χ3v) is 2.92. The molecule has 0 aromatic carbocycles. The highest BCUT2D eigenvalue weighted by molar-refractivity contribution is 5.83. The molecule has 0 fully saturated rings. The minimum absolute atomic E-state index is 0.0844. The number of nitrogen functional groups attached to an aromatic ring is 1. The lowest BCUT2D eigenvalue weighted by atomic mass is 10.3. The van der Waals surface area contributed by atoms with E-state index in [9.17, 15) is 9.59 Å². The van der Waals surface area contributed by atoms with E-state index in [1.165, 1.54) is 15.6 Å². The number of nitrogens with zero attached hydrogens (tertiary/aromatic N) is 5. The average Bonchev–Trinajstić information content (AvgIpc) is 2.99. The predicted octanol–water partition coefficient (Wildman–Crippen LogP) is 0.582. The highest BCUT2D eigenvalue weighted by Crippen LogP contribution is 2.14. The SMILES string of the molecule is CCOC(=O)Nc1cn(CC(=O)n2nc(C)c(N)c2C)nn1. The molecule has 2 rings (SSSR count).